The van der Waals surface area contributed by atoms with Gasteiger partial charge in [0.05, 0.1) is 23.7 Å². The molecule has 0 aliphatic heterocycles. The number of nitrogens with two attached hydrogens (primary N) is 1. The van der Waals surface area contributed by atoms with Crippen molar-refractivity contribution in [3.63, 3.8) is 0 Å². The molecule has 6 nitrogen and oxygen atoms in total. The van der Waals surface area contributed by atoms with Crippen LogP contribution in [0.15, 0.2) is 18.2 Å². The summed E-state index contributed by atoms with van der Waals surface area (Å²) in [6.07, 6.45) is 0. The minimum atomic E-state index is -3.48. The number of aromatic hydroxyl groups is 1. The maximum Gasteiger partial charge on any atom is 0.235 e. The summed E-state index contributed by atoms with van der Waals surface area (Å²) in [5.41, 5.74) is 5.99. The molecule has 7 heteroatoms. The zero-order chi connectivity index (χ0) is 12.9. The van der Waals surface area contributed by atoms with E-state index in [0.717, 1.165) is 0 Å². The van der Waals surface area contributed by atoms with Gasteiger partial charge in [0.1, 0.15) is 5.75 Å². The summed E-state index contributed by atoms with van der Waals surface area (Å²) in [7, 11) is -3.48. The van der Waals surface area contributed by atoms with E-state index in [0.29, 0.717) is 6.61 Å². The predicted octanol–water partition coefficient (Wildman–Crippen LogP) is 0.753. The lowest BCUT2D eigenvalue weighted by atomic mass is 10.2. The highest BCUT2D eigenvalue weighted by Crippen LogP contribution is 2.24. The molecule has 4 N–H and O–H groups in total. The number of phenols is 1. The first-order valence-corrected chi connectivity index (χ1v) is 6.76. The van der Waals surface area contributed by atoms with Crippen LogP contribution in [0.3, 0.4) is 0 Å². The zero-order valence-electron chi connectivity index (χ0n) is 9.51. The Labute approximate surface area is 100 Å². The second-order valence-electron chi connectivity index (χ2n) is 3.39. The standard InChI is InChI=1S/C10H16N2O4S/c1-2-16-5-6-17(14,15)12-10-4-3-8(13)7-9(10)11/h3-4,7,12-13H,2,5-6,11H2,1H3. The third-order valence-electron chi connectivity index (χ3n) is 2.00. The van der Waals surface area contributed by atoms with E-state index in [1.807, 2.05) is 0 Å². The number of benzene rings is 1. The minimum absolute atomic E-state index is 0.0141. The maximum absolute atomic E-state index is 11.6. The van der Waals surface area contributed by atoms with Crippen LogP contribution in [0.5, 0.6) is 5.75 Å². The van der Waals surface area contributed by atoms with Gasteiger partial charge in [0, 0.05) is 12.7 Å². The van der Waals surface area contributed by atoms with Crippen molar-refractivity contribution in [1.82, 2.24) is 0 Å². The highest BCUT2D eigenvalue weighted by Gasteiger charge is 2.12. The Morgan fingerprint density at radius 2 is 2.18 bits per heavy atom. The highest BCUT2D eigenvalue weighted by molar-refractivity contribution is 7.92. The molecule has 0 unspecified atom stereocenters. The predicted molar refractivity (Wildman–Crippen MR) is 66.4 cm³/mol. The summed E-state index contributed by atoms with van der Waals surface area (Å²) in [4.78, 5) is 0. The molecule has 0 aliphatic carbocycles. The van der Waals surface area contributed by atoms with Crippen LogP contribution in [0.25, 0.3) is 0 Å². The van der Waals surface area contributed by atoms with Gasteiger partial charge in [0.25, 0.3) is 0 Å². The van der Waals surface area contributed by atoms with Crippen molar-refractivity contribution in [1.29, 1.82) is 0 Å². The van der Waals surface area contributed by atoms with Crippen LogP contribution in [0.2, 0.25) is 0 Å². The molecule has 0 fully saturated rings. The van der Waals surface area contributed by atoms with Crippen molar-refractivity contribution in [3.05, 3.63) is 18.2 Å². The van der Waals surface area contributed by atoms with E-state index in [4.69, 9.17) is 15.6 Å². The Balaban J connectivity index is 2.69. The van der Waals surface area contributed by atoms with Gasteiger partial charge in [-0.05, 0) is 19.1 Å². The molecule has 0 heterocycles. The first kappa shape index (κ1) is 13.6. The van der Waals surface area contributed by atoms with Crippen molar-refractivity contribution in [2.45, 2.75) is 6.92 Å². The molecular weight excluding hydrogens is 244 g/mol. The highest BCUT2D eigenvalue weighted by atomic mass is 32.2. The van der Waals surface area contributed by atoms with Crippen LogP contribution < -0.4 is 10.5 Å². The Hall–Kier alpha value is -1.47. The average molecular weight is 260 g/mol. The molecule has 0 aromatic heterocycles. The molecule has 0 amide bonds. The van der Waals surface area contributed by atoms with Gasteiger partial charge >= 0.3 is 0 Å². The normalized spacial score (nSPS) is 11.4. The summed E-state index contributed by atoms with van der Waals surface area (Å²) in [5, 5.41) is 9.13. The van der Waals surface area contributed by atoms with Crippen molar-refractivity contribution in [2.75, 3.05) is 29.4 Å². The lowest BCUT2D eigenvalue weighted by Crippen LogP contribution is -2.20. The van der Waals surface area contributed by atoms with E-state index in [-0.39, 0.29) is 29.5 Å². The molecule has 0 atom stereocenters. The van der Waals surface area contributed by atoms with E-state index in [1.54, 1.807) is 6.92 Å². The summed E-state index contributed by atoms with van der Waals surface area (Å²) >= 11 is 0. The summed E-state index contributed by atoms with van der Waals surface area (Å²) in [6.45, 7) is 2.39. The second kappa shape index (κ2) is 5.74. The lowest BCUT2D eigenvalue weighted by molar-refractivity contribution is 0.163. The van der Waals surface area contributed by atoms with Crippen LogP contribution in [0.4, 0.5) is 11.4 Å². The monoisotopic (exact) mass is 260 g/mol. The van der Waals surface area contributed by atoms with E-state index in [1.165, 1.54) is 18.2 Å². The van der Waals surface area contributed by atoms with E-state index >= 15 is 0 Å². The molecule has 1 aromatic rings. The Kier molecular flexibility index (Phi) is 4.59. The number of ether oxygens (including phenoxy) is 1. The SMILES string of the molecule is CCOCCS(=O)(=O)Nc1ccc(O)cc1N. The van der Waals surface area contributed by atoms with Gasteiger partial charge in [-0.3, -0.25) is 4.72 Å². The van der Waals surface area contributed by atoms with Crippen LogP contribution in [-0.2, 0) is 14.8 Å². The fourth-order valence-electron chi connectivity index (χ4n) is 1.17. The number of anilines is 2. The Bertz CT molecular complexity index is 473. The summed E-state index contributed by atoms with van der Waals surface area (Å²) in [6, 6.07) is 4.04. The average Bonchev–Trinajstić information content (AvgIpc) is 2.22. The number of nitrogens with one attached hydrogen (secondary N) is 1. The molecule has 0 bridgehead atoms. The van der Waals surface area contributed by atoms with Crippen LogP contribution in [0, 0.1) is 0 Å². The van der Waals surface area contributed by atoms with E-state index in [9.17, 15) is 8.42 Å². The Morgan fingerprint density at radius 1 is 1.47 bits per heavy atom. The number of sulfonamides is 1. The van der Waals surface area contributed by atoms with Gasteiger partial charge in [0.2, 0.25) is 10.0 Å². The van der Waals surface area contributed by atoms with Crippen LogP contribution >= 0.6 is 0 Å². The van der Waals surface area contributed by atoms with E-state index in [2.05, 4.69) is 4.72 Å². The molecule has 0 spiro atoms. The minimum Gasteiger partial charge on any atom is -0.508 e. The largest absolute Gasteiger partial charge is 0.508 e. The molecular formula is C10H16N2O4S. The molecule has 0 radical (unpaired) electrons. The molecule has 96 valence electrons. The molecule has 17 heavy (non-hydrogen) atoms. The first-order chi connectivity index (χ1) is 7.94. The van der Waals surface area contributed by atoms with Crippen molar-refractivity contribution in [2.24, 2.45) is 0 Å². The van der Waals surface area contributed by atoms with Gasteiger partial charge in [0.15, 0.2) is 0 Å². The van der Waals surface area contributed by atoms with E-state index < -0.39 is 10.0 Å². The second-order valence-corrected chi connectivity index (χ2v) is 5.23. The van der Waals surface area contributed by atoms with Crippen molar-refractivity contribution in [3.8, 4) is 5.75 Å². The molecule has 0 saturated carbocycles. The summed E-state index contributed by atoms with van der Waals surface area (Å²) < 4.78 is 30.5. The smallest absolute Gasteiger partial charge is 0.235 e. The quantitative estimate of drug-likeness (QED) is 0.398. The number of hydrogen-bond acceptors (Lipinski definition) is 5. The lowest BCUT2D eigenvalue weighted by Gasteiger charge is -2.10. The van der Waals surface area contributed by atoms with Gasteiger partial charge in [-0.1, -0.05) is 0 Å². The first-order valence-electron chi connectivity index (χ1n) is 5.11. The van der Waals surface area contributed by atoms with Crippen LogP contribution in [0.1, 0.15) is 6.92 Å². The zero-order valence-corrected chi connectivity index (χ0v) is 10.3. The molecule has 1 aromatic carbocycles. The van der Waals surface area contributed by atoms with Gasteiger partial charge < -0.3 is 15.6 Å². The topological polar surface area (TPSA) is 102 Å². The van der Waals surface area contributed by atoms with Gasteiger partial charge in [-0.25, -0.2) is 8.42 Å². The number of hydrogen-bond donors (Lipinski definition) is 3. The van der Waals surface area contributed by atoms with Gasteiger partial charge in [-0.2, -0.15) is 0 Å². The molecule has 0 aliphatic rings. The van der Waals surface area contributed by atoms with Crippen molar-refractivity contribution < 1.29 is 18.3 Å². The fourth-order valence-corrected chi connectivity index (χ4v) is 2.13. The maximum atomic E-state index is 11.6. The number of phenolic OH excluding ortho intramolecular Hbond substituents is 1. The molecule has 0 saturated heterocycles. The number of rotatable bonds is 6. The van der Waals surface area contributed by atoms with Crippen LogP contribution in [-0.4, -0.2) is 32.5 Å². The fraction of sp³-hybridized carbons (Fsp3) is 0.400. The number of nitrogen functional groups attached to an aromatic ring is 1. The van der Waals surface area contributed by atoms with Gasteiger partial charge in [-0.15, -0.1) is 0 Å². The summed E-state index contributed by atoms with van der Waals surface area (Å²) in [5.74, 6) is -0.152. The molecule has 1 rings (SSSR count). The van der Waals surface area contributed by atoms with Crippen molar-refractivity contribution >= 4 is 21.4 Å². The Morgan fingerprint density at radius 3 is 2.76 bits per heavy atom. The third-order valence-corrected chi connectivity index (χ3v) is 3.24. The third kappa shape index (κ3) is 4.49.